The molecule has 1 aromatic carbocycles. The molecule has 1 amide bonds. The first kappa shape index (κ1) is 12.7. The Hall–Kier alpha value is -1.40. The predicted molar refractivity (Wildman–Crippen MR) is 60.9 cm³/mol. The summed E-state index contributed by atoms with van der Waals surface area (Å²) < 4.78 is 25.3. The first-order valence-electron chi connectivity index (χ1n) is 4.79. The lowest BCUT2D eigenvalue weighted by molar-refractivity contribution is -0.117. The summed E-state index contributed by atoms with van der Waals surface area (Å²) in [4.78, 5) is 10.4. The molecular formula is C10H14N2O3S. The fourth-order valence-corrected chi connectivity index (χ4v) is 2.32. The molecule has 1 aromatic rings. The summed E-state index contributed by atoms with van der Waals surface area (Å²) in [6.07, 6.45) is 0.00796. The zero-order valence-electron chi connectivity index (χ0n) is 8.72. The summed E-state index contributed by atoms with van der Waals surface area (Å²) in [7, 11) is -3.39. The first-order chi connectivity index (χ1) is 7.49. The van der Waals surface area contributed by atoms with E-state index in [0.717, 1.165) is 0 Å². The van der Waals surface area contributed by atoms with Crippen LogP contribution in [0.5, 0.6) is 0 Å². The van der Waals surface area contributed by atoms with Gasteiger partial charge in [-0.25, -0.2) is 13.1 Å². The van der Waals surface area contributed by atoms with Gasteiger partial charge in [-0.15, -0.1) is 0 Å². The third kappa shape index (κ3) is 4.90. The van der Waals surface area contributed by atoms with Gasteiger partial charge in [-0.1, -0.05) is 30.3 Å². The maximum atomic E-state index is 11.5. The standard InChI is InChI=1S/C10H14N2O3S/c11-10(13)6-7-12-16(14,15)8-9-4-2-1-3-5-9/h1-5,12H,6-8H2,(H2,11,13). The van der Waals surface area contributed by atoms with E-state index in [9.17, 15) is 13.2 Å². The Kier molecular flexibility index (Phi) is 4.45. The largest absolute Gasteiger partial charge is 0.370 e. The lowest BCUT2D eigenvalue weighted by atomic mass is 10.2. The molecule has 0 unspecified atom stereocenters. The van der Waals surface area contributed by atoms with Crippen LogP contribution in [0.1, 0.15) is 12.0 Å². The number of nitrogens with one attached hydrogen (secondary N) is 1. The van der Waals surface area contributed by atoms with Crippen molar-refractivity contribution in [3.63, 3.8) is 0 Å². The van der Waals surface area contributed by atoms with Gasteiger partial charge in [-0.05, 0) is 5.56 Å². The first-order valence-corrected chi connectivity index (χ1v) is 6.44. The number of rotatable bonds is 6. The molecule has 88 valence electrons. The number of carbonyl (C=O) groups is 1. The molecule has 1 rings (SSSR count). The molecule has 0 saturated heterocycles. The Morgan fingerprint density at radius 1 is 1.25 bits per heavy atom. The van der Waals surface area contributed by atoms with E-state index >= 15 is 0 Å². The summed E-state index contributed by atoms with van der Waals surface area (Å²) in [6, 6.07) is 8.82. The Bertz CT molecular complexity index is 442. The number of benzene rings is 1. The van der Waals surface area contributed by atoms with E-state index in [4.69, 9.17) is 5.73 Å². The normalized spacial score (nSPS) is 11.2. The molecule has 0 fully saturated rings. The maximum absolute atomic E-state index is 11.5. The number of sulfonamides is 1. The monoisotopic (exact) mass is 242 g/mol. The van der Waals surface area contributed by atoms with Crippen LogP contribution < -0.4 is 10.5 Å². The molecule has 0 spiro atoms. The average molecular weight is 242 g/mol. The SMILES string of the molecule is NC(=O)CCNS(=O)(=O)Cc1ccccc1. The Balaban J connectivity index is 2.49. The third-order valence-corrected chi connectivity index (χ3v) is 3.25. The Labute approximate surface area is 94.7 Å². The van der Waals surface area contributed by atoms with Crippen LogP contribution in [0.2, 0.25) is 0 Å². The van der Waals surface area contributed by atoms with Crippen LogP contribution in [0.15, 0.2) is 30.3 Å². The summed E-state index contributed by atoms with van der Waals surface area (Å²) in [6.45, 7) is 0.0461. The summed E-state index contributed by atoms with van der Waals surface area (Å²) in [5, 5.41) is 0. The van der Waals surface area contributed by atoms with Crippen LogP contribution >= 0.6 is 0 Å². The van der Waals surface area contributed by atoms with Gasteiger partial charge in [0, 0.05) is 13.0 Å². The molecule has 3 N–H and O–H groups in total. The van der Waals surface area contributed by atoms with E-state index < -0.39 is 15.9 Å². The fourth-order valence-electron chi connectivity index (χ4n) is 1.17. The van der Waals surface area contributed by atoms with Crippen molar-refractivity contribution in [1.82, 2.24) is 4.72 Å². The molecule has 6 heteroatoms. The van der Waals surface area contributed by atoms with Gasteiger partial charge in [0.2, 0.25) is 15.9 Å². The number of hydrogen-bond acceptors (Lipinski definition) is 3. The highest BCUT2D eigenvalue weighted by molar-refractivity contribution is 7.88. The average Bonchev–Trinajstić information content (AvgIpc) is 2.17. The minimum atomic E-state index is -3.39. The molecule has 0 bridgehead atoms. The van der Waals surface area contributed by atoms with E-state index in [1.165, 1.54) is 0 Å². The van der Waals surface area contributed by atoms with Crippen molar-refractivity contribution in [3.8, 4) is 0 Å². The van der Waals surface area contributed by atoms with Crippen molar-refractivity contribution in [2.24, 2.45) is 5.73 Å². The van der Waals surface area contributed by atoms with Gasteiger partial charge in [0.25, 0.3) is 0 Å². The van der Waals surface area contributed by atoms with Gasteiger partial charge in [-0.3, -0.25) is 4.79 Å². The van der Waals surface area contributed by atoms with Crippen LogP contribution in [0.3, 0.4) is 0 Å². The zero-order valence-corrected chi connectivity index (χ0v) is 9.53. The maximum Gasteiger partial charge on any atom is 0.218 e. The molecule has 0 aliphatic carbocycles. The topological polar surface area (TPSA) is 89.3 Å². The van der Waals surface area contributed by atoms with Gasteiger partial charge < -0.3 is 5.73 Å². The summed E-state index contributed by atoms with van der Waals surface area (Å²) >= 11 is 0. The van der Waals surface area contributed by atoms with E-state index in [0.29, 0.717) is 5.56 Å². The molecule has 0 saturated carbocycles. The van der Waals surface area contributed by atoms with Crippen molar-refractivity contribution in [3.05, 3.63) is 35.9 Å². The quantitative estimate of drug-likeness (QED) is 0.734. The van der Waals surface area contributed by atoms with Crippen LogP contribution in [0, 0.1) is 0 Å². The van der Waals surface area contributed by atoms with Crippen LogP contribution in [-0.2, 0) is 20.6 Å². The third-order valence-electron chi connectivity index (χ3n) is 1.89. The van der Waals surface area contributed by atoms with Gasteiger partial charge in [0.15, 0.2) is 0 Å². The molecule has 0 radical (unpaired) electrons. The minimum absolute atomic E-state index is 0.00796. The number of carbonyl (C=O) groups excluding carboxylic acids is 1. The summed E-state index contributed by atoms with van der Waals surface area (Å²) in [5.74, 6) is -0.616. The highest BCUT2D eigenvalue weighted by Gasteiger charge is 2.10. The van der Waals surface area contributed by atoms with Gasteiger partial charge in [0.05, 0.1) is 5.75 Å². The van der Waals surface area contributed by atoms with Crippen molar-refractivity contribution in [2.75, 3.05) is 6.54 Å². The molecular weight excluding hydrogens is 228 g/mol. The highest BCUT2D eigenvalue weighted by Crippen LogP contribution is 2.03. The van der Waals surface area contributed by atoms with Gasteiger partial charge in [0.1, 0.15) is 0 Å². The van der Waals surface area contributed by atoms with E-state index in [2.05, 4.69) is 4.72 Å². The summed E-state index contributed by atoms with van der Waals surface area (Å²) in [5.41, 5.74) is 5.60. The van der Waals surface area contributed by atoms with E-state index in [1.54, 1.807) is 24.3 Å². The van der Waals surface area contributed by atoms with Gasteiger partial charge >= 0.3 is 0 Å². The van der Waals surface area contributed by atoms with Crippen molar-refractivity contribution in [1.29, 1.82) is 0 Å². The van der Waals surface area contributed by atoms with Crippen LogP contribution in [0.25, 0.3) is 0 Å². The van der Waals surface area contributed by atoms with Gasteiger partial charge in [-0.2, -0.15) is 0 Å². The lowest BCUT2D eigenvalue weighted by Gasteiger charge is -2.05. The van der Waals surface area contributed by atoms with E-state index in [1.807, 2.05) is 6.07 Å². The smallest absolute Gasteiger partial charge is 0.218 e. The van der Waals surface area contributed by atoms with Crippen molar-refractivity contribution >= 4 is 15.9 Å². The molecule has 0 aliphatic heterocycles. The number of hydrogen-bond donors (Lipinski definition) is 2. The Morgan fingerprint density at radius 3 is 2.44 bits per heavy atom. The lowest BCUT2D eigenvalue weighted by Crippen LogP contribution is -2.29. The molecule has 0 heterocycles. The molecule has 0 atom stereocenters. The fraction of sp³-hybridized carbons (Fsp3) is 0.300. The second-order valence-corrected chi connectivity index (χ2v) is 5.16. The van der Waals surface area contributed by atoms with Crippen LogP contribution in [0.4, 0.5) is 0 Å². The number of nitrogens with two attached hydrogens (primary N) is 1. The minimum Gasteiger partial charge on any atom is -0.370 e. The zero-order chi connectivity index (χ0) is 12.0. The molecule has 16 heavy (non-hydrogen) atoms. The van der Waals surface area contributed by atoms with E-state index in [-0.39, 0.29) is 18.7 Å². The Morgan fingerprint density at radius 2 is 1.88 bits per heavy atom. The van der Waals surface area contributed by atoms with Crippen molar-refractivity contribution < 1.29 is 13.2 Å². The number of amides is 1. The predicted octanol–water partition coefficient (Wildman–Crippen LogP) is -0.0186. The highest BCUT2D eigenvalue weighted by atomic mass is 32.2. The molecule has 0 aliphatic rings. The molecule has 5 nitrogen and oxygen atoms in total. The second kappa shape index (κ2) is 5.62. The van der Waals surface area contributed by atoms with Crippen LogP contribution in [-0.4, -0.2) is 20.9 Å². The molecule has 0 aromatic heterocycles. The number of primary amides is 1. The van der Waals surface area contributed by atoms with Crippen molar-refractivity contribution in [2.45, 2.75) is 12.2 Å². The second-order valence-electron chi connectivity index (χ2n) is 3.36.